The zero-order valence-corrected chi connectivity index (χ0v) is 13.9. The van der Waals surface area contributed by atoms with Gasteiger partial charge in [0.1, 0.15) is 5.60 Å². The average Bonchev–Trinajstić information content (AvgIpc) is 2.22. The van der Waals surface area contributed by atoms with Gasteiger partial charge >= 0.3 is 6.09 Å². The molecule has 0 aromatic heterocycles. The summed E-state index contributed by atoms with van der Waals surface area (Å²) in [7, 11) is 0. The minimum absolute atomic E-state index is 0.0482. The van der Waals surface area contributed by atoms with Crippen LogP contribution in [0.15, 0.2) is 0 Å². The quantitative estimate of drug-likeness (QED) is 0.815. The van der Waals surface area contributed by atoms with Crippen LogP contribution in [0.4, 0.5) is 4.79 Å². The highest BCUT2D eigenvalue weighted by molar-refractivity contribution is 7.99. The molecule has 0 spiro atoms. The lowest BCUT2D eigenvalue weighted by atomic mass is 9.99. The van der Waals surface area contributed by atoms with E-state index in [0.717, 1.165) is 0 Å². The van der Waals surface area contributed by atoms with Gasteiger partial charge in [0, 0.05) is 0 Å². The minimum Gasteiger partial charge on any atom is -0.444 e. The van der Waals surface area contributed by atoms with Crippen molar-refractivity contribution in [1.29, 1.82) is 0 Å². The molecule has 0 bridgehead atoms. The van der Waals surface area contributed by atoms with Crippen molar-refractivity contribution >= 4 is 23.6 Å². The molecule has 0 saturated heterocycles. The summed E-state index contributed by atoms with van der Waals surface area (Å²) in [6.07, 6.45) is 1.99. The highest BCUT2D eigenvalue weighted by Gasteiger charge is 2.27. The number of nitrogens with one attached hydrogen (secondary N) is 1. The Kier molecular flexibility index (Phi) is 7.49. The summed E-state index contributed by atoms with van der Waals surface area (Å²) in [5.74, 6) is 0.380. The molecule has 1 amide bonds. The third-order valence-electron chi connectivity index (χ3n) is 2.50. The molecule has 0 fully saturated rings. The first-order chi connectivity index (χ1) is 8.56. The number of alkyl carbamates (subject to hydrolysis) is 1. The lowest BCUT2D eigenvalue weighted by molar-refractivity contribution is -0.120. The fourth-order valence-electron chi connectivity index (χ4n) is 1.57. The van der Waals surface area contributed by atoms with Crippen LogP contribution in [0.5, 0.6) is 0 Å². The Morgan fingerprint density at radius 3 is 2.11 bits per heavy atom. The fraction of sp³-hybridized carbons (Fsp3) is 0.857. The van der Waals surface area contributed by atoms with Gasteiger partial charge in [0.25, 0.3) is 0 Å². The Morgan fingerprint density at radius 1 is 1.21 bits per heavy atom. The first kappa shape index (κ1) is 18.3. The summed E-state index contributed by atoms with van der Waals surface area (Å²) in [4.78, 5) is 24.0. The molecule has 0 aliphatic carbocycles. The Balaban J connectivity index is 4.69. The molecule has 0 aliphatic heterocycles. The largest absolute Gasteiger partial charge is 0.444 e. The van der Waals surface area contributed by atoms with E-state index in [2.05, 4.69) is 5.32 Å². The van der Waals surface area contributed by atoms with Crippen LogP contribution in [0.2, 0.25) is 0 Å². The summed E-state index contributed by atoms with van der Waals surface area (Å²) in [5.41, 5.74) is -0.555. The van der Waals surface area contributed by atoms with Crippen molar-refractivity contribution in [2.24, 2.45) is 5.92 Å². The van der Waals surface area contributed by atoms with Gasteiger partial charge < -0.3 is 10.1 Å². The van der Waals surface area contributed by atoms with E-state index in [1.165, 1.54) is 11.8 Å². The van der Waals surface area contributed by atoms with Gasteiger partial charge in [0.05, 0.1) is 11.3 Å². The second-order valence-electron chi connectivity index (χ2n) is 6.11. The maximum absolute atomic E-state index is 12.2. The van der Waals surface area contributed by atoms with Gasteiger partial charge in [-0.2, -0.15) is 11.8 Å². The minimum atomic E-state index is -0.555. The first-order valence-electron chi connectivity index (χ1n) is 6.63. The van der Waals surface area contributed by atoms with Crippen LogP contribution < -0.4 is 5.32 Å². The monoisotopic (exact) mass is 289 g/mol. The van der Waals surface area contributed by atoms with Crippen molar-refractivity contribution in [3.8, 4) is 0 Å². The Hall–Kier alpha value is -0.710. The van der Waals surface area contributed by atoms with Crippen LogP contribution in [0.25, 0.3) is 0 Å². The van der Waals surface area contributed by atoms with Gasteiger partial charge in [-0.25, -0.2) is 4.79 Å². The van der Waals surface area contributed by atoms with Gasteiger partial charge in [-0.05, 0) is 46.3 Å². The number of rotatable bonds is 6. The van der Waals surface area contributed by atoms with Crippen LogP contribution in [-0.2, 0) is 9.53 Å². The van der Waals surface area contributed by atoms with Gasteiger partial charge in [0.15, 0.2) is 5.78 Å². The zero-order chi connectivity index (χ0) is 15.2. The number of carbonyl (C=O) groups excluding carboxylic acids is 2. The summed E-state index contributed by atoms with van der Waals surface area (Å²) < 4.78 is 5.20. The number of amides is 1. The van der Waals surface area contributed by atoms with E-state index in [1.54, 1.807) is 20.8 Å². The lowest BCUT2D eigenvalue weighted by Gasteiger charge is -2.25. The maximum atomic E-state index is 12.2. The number of ether oxygens (including phenoxy) is 1. The molecule has 0 saturated carbocycles. The van der Waals surface area contributed by atoms with Crippen molar-refractivity contribution in [2.75, 3.05) is 6.26 Å². The molecular weight excluding hydrogens is 262 g/mol. The number of hydrogen-bond acceptors (Lipinski definition) is 4. The SMILES string of the molecule is CSC(C)C(=O)[C@H](CC(C)C)NC(=O)OC(C)(C)C. The normalized spacial score (nSPS) is 14.9. The van der Waals surface area contributed by atoms with Gasteiger partial charge in [-0.15, -0.1) is 0 Å². The summed E-state index contributed by atoms with van der Waals surface area (Å²) >= 11 is 1.49. The second-order valence-corrected chi connectivity index (χ2v) is 7.29. The van der Waals surface area contributed by atoms with Gasteiger partial charge in [0.2, 0.25) is 0 Å². The molecule has 0 radical (unpaired) electrons. The highest BCUT2D eigenvalue weighted by atomic mass is 32.2. The molecule has 19 heavy (non-hydrogen) atoms. The predicted molar refractivity (Wildman–Crippen MR) is 80.6 cm³/mol. The number of Topliss-reactive ketones (excluding diaryl/α,β-unsaturated/α-hetero) is 1. The van der Waals surface area contributed by atoms with Crippen molar-refractivity contribution in [3.63, 3.8) is 0 Å². The topological polar surface area (TPSA) is 55.4 Å². The van der Waals surface area contributed by atoms with Crippen LogP contribution in [-0.4, -0.2) is 35.0 Å². The van der Waals surface area contributed by atoms with Crippen LogP contribution in [0, 0.1) is 5.92 Å². The van der Waals surface area contributed by atoms with Crippen molar-refractivity contribution < 1.29 is 14.3 Å². The molecule has 0 rings (SSSR count). The third kappa shape index (κ3) is 8.14. The maximum Gasteiger partial charge on any atom is 0.408 e. The fourth-order valence-corrected chi connectivity index (χ4v) is 1.96. The van der Waals surface area contributed by atoms with Crippen molar-refractivity contribution in [2.45, 2.75) is 64.9 Å². The first-order valence-corrected chi connectivity index (χ1v) is 7.91. The Morgan fingerprint density at radius 2 is 1.74 bits per heavy atom. The molecule has 0 aliphatic rings. The molecule has 0 heterocycles. The van der Waals surface area contributed by atoms with Crippen LogP contribution in [0.3, 0.4) is 0 Å². The predicted octanol–water partition coefficient (Wildman–Crippen LogP) is 3.25. The van der Waals surface area contributed by atoms with Crippen LogP contribution in [0.1, 0.15) is 48.0 Å². The van der Waals surface area contributed by atoms with Gasteiger partial charge in [-0.1, -0.05) is 13.8 Å². The zero-order valence-electron chi connectivity index (χ0n) is 13.1. The molecule has 0 aromatic rings. The smallest absolute Gasteiger partial charge is 0.408 e. The molecule has 2 atom stereocenters. The van der Waals surface area contributed by atoms with E-state index in [1.807, 2.05) is 27.0 Å². The Labute approximate surface area is 121 Å². The third-order valence-corrected chi connectivity index (χ3v) is 3.44. The van der Waals surface area contributed by atoms with Gasteiger partial charge in [-0.3, -0.25) is 4.79 Å². The van der Waals surface area contributed by atoms with E-state index < -0.39 is 17.7 Å². The molecule has 0 aromatic carbocycles. The molecule has 4 nitrogen and oxygen atoms in total. The molecule has 5 heteroatoms. The summed E-state index contributed by atoms with van der Waals surface area (Å²) in [6.45, 7) is 11.3. The lowest BCUT2D eigenvalue weighted by Crippen LogP contribution is -2.46. The second kappa shape index (κ2) is 7.78. The average molecular weight is 289 g/mol. The molecule has 1 N–H and O–H groups in total. The van der Waals surface area contributed by atoms with E-state index in [0.29, 0.717) is 12.3 Å². The number of hydrogen-bond donors (Lipinski definition) is 1. The standard InChI is InChI=1S/C14H27NO3S/c1-9(2)8-11(12(16)10(3)19-7)15-13(17)18-14(4,5)6/h9-11H,8H2,1-7H3,(H,15,17)/t10?,11-/m0/s1. The highest BCUT2D eigenvalue weighted by Crippen LogP contribution is 2.15. The molecule has 1 unspecified atom stereocenters. The van der Waals surface area contributed by atoms with E-state index in [9.17, 15) is 9.59 Å². The van der Waals surface area contributed by atoms with E-state index in [4.69, 9.17) is 4.74 Å². The van der Waals surface area contributed by atoms with E-state index >= 15 is 0 Å². The summed E-state index contributed by atoms with van der Waals surface area (Å²) in [5, 5.41) is 2.57. The summed E-state index contributed by atoms with van der Waals surface area (Å²) in [6, 6.07) is -0.475. The number of ketones is 1. The van der Waals surface area contributed by atoms with E-state index in [-0.39, 0.29) is 11.0 Å². The van der Waals surface area contributed by atoms with Crippen LogP contribution >= 0.6 is 11.8 Å². The molecule has 112 valence electrons. The van der Waals surface area contributed by atoms with Crippen molar-refractivity contribution in [1.82, 2.24) is 5.32 Å². The number of carbonyl (C=O) groups is 2. The Bertz CT molecular complexity index is 310. The number of thioether (sulfide) groups is 1. The molecular formula is C14H27NO3S. The van der Waals surface area contributed by atoms with Crippen molar-refractivity contribution in [3.05, 3.63) is 0 Å².